The van der Waals surface area contributed by atoms with Crippen molar-refractivity contribution in [1.29, 1.82) is 0 Å². The zero-order valence-electron chi connectivity index (χ0n) is 10.9. The molecule has 1 atom stereocenters. The first kappa shape index (κ1) is 14.7. The van der Waals surface area contributed by atoms with Gasteiger partial charge in [0.25, 0.3) is 5.91 Å². The Balaban J connectivity index is 2.53. The minimum atomic E-state index is -0.864. The van der Waals surface area contributed by atoms with Crippen LogP contribution < -0.4 is 5.32 Å². The highest BCUT2D eigenvalue weighted by atomic mass is 32.1. The molecule has 18 heavy (non-hydrogen) atoms. The Morgan fingerprint density at radius 1 is 1.44 bits per heavy atom. The fourth-order valence-corrected chi connectivity index (χ4v) is 2.34. The molecule has 0 saturated carbocycles. The minimum Gasteiger partial charge on any atom is -0.481 e. The van der Waals surface area contributed by atoms with Crippen LogP contribution in [0.4, 0.5) is 0 Å². The van der Waals surface area contributed by atoms with E-state index < -0.39 is 11.9 Å². The lowest BCUT2D eigenvalue weighted by molar-refractivity contribution is -0.142. The smallest absolute Gasteiger partial charge is 0.308 e. The molecule has 0 spiro atoms. The fraction of sp³-hybridized carbons (Fsp3) is 0.538. The number of nitrogens with one attached hydrogen (secondary N) is 1. The summed E-state index contributed by atoms with van der Waals surface area (Å²) < 4.78 is 0. The molecule has 1 aromatic rings. The van der Waals surface area contributed by atoms with Crippen molar-refractivity contribution in [2.75, 3.05) is 6.54 Å². The number of rotatable bonds is 5. The standard InChI is InChI=1S/C13H19NO3S/c1-13(2,3)7-9(12(16)17)8-14-11(15)10-5-4-6-18-10/h4-6,9H,7-8H2,1-3H3,(H,14,15)(H,16,17). The SMILES string of the molecule is CC(C)(C)CC(CNC(=O)c1cccs1)C(=O)O. The minimum absolute atomic E-state index is 0.0727. The van der Waals surface area contributed by atoms with Crippen molar-refractivity contribution < 1.29 is 14.7 Å². The first-order valence-corrected chi connectivity index (χ1v) is 6.72. The molecule has 0 aromatic carbocycles. The van der Waals surface area contributed by atoms with Crippen LogP contribution in [0.25, 0.3) is 0 Å². The van der Waals surface area contributed by atoms with Crippen LogP contribution in [0.15, 0.2) is 17.5 Å². The van der Waals surface area contributed by atoms with Crippen LogP contribution in [0.3, 0.4) is 0 Å². The van der Waals surface area contributed by atoms with Gasteiger partial charge in [-0.15, -0.1) is 11.3 Å². The van der Waals surface area contributed by atoms with E-state index in [0.29, 0.717) is 11.3 Å². The Labute approximate surface area is 111 Å². The Morgan fingerprint density at radius 2 is 2.11 bits per heavy atom. The van der Waals surface area contributed by atoms with Gasteiger partial charge in [-0.25, -0.2) is 0 Å². The van der Waals surface area contributed by atoms with Gasteiger partial charge in [-0.05, 0) is 23.3 Å². The fourth-order valence-electron chi connectivity index (χ4n) is 1.70. The van der Waals surface area contributed by atoms with E-state index in [4.69, 9.17) is 5.11 Å². The van der Waals surface area contributed by atoms with Gasteiger partial charge in [0.05, 0.1) is 10.8 Å². The van der Waals surface area contributed by atoms with E-state index in [1.165, 1.54) is 11.3 Å². The van der Waals surface area contributed by atoms with E-state index in [2.05, 4.69) is 5.32 Å². The van der Waals surface area contributed by atoms with Gasteiger partial charge in [-0.2, -0.15) is 0 Å². The molecular formula is C13H19NO3S. The lowest BCUT2D eigenvalue weighted by Crippen LogP contribution is -2.34. The van der Waals surface area contributed by atoms with Crippen LogP contribution >= 0.6 is 11.3 Å². The monoisotopic (exact) mass is 269 g/mol. The maximum Gasteiger partial charge on any atom is 0.308 e. The normalized spacial score (nSPS) is 13.1. The lowest BCUT2D eigenvalue weighted by Gasteiger charge is -2.23. The summed E-state index contributed by atoms with van der Waals surface area (Å²) in [5.41, 5.74) is -0.0727. The van der Waals surface area contributed by atoms with Crippen LogP contribution in [0.5, 0.6) is 0 Å². The van der Waals surface area contributed by atoms with Gasteiger partial charge in [-0.1, -0.05) is 26.8 Å². The van der Waals surface area contributed by atoms with Crippen LogP contribution in [0.1, 0.15) is 36.9 Å². The molecule has 1 amide bonds. The van der Waals surface area contributed by atoms with E-state index in [0.717, 1.165) is 0 Å². The van der Waals surface area contributed by atoms with Crippen molar-refractivity contribution in [2.45, 2.75) is 27.2 Å². The van der Waals surface area contributed by atoms with E-state index in [-0.39, 0.29) is 17.9 Å². The van der Waals surface area contributed by atoms with Crippen LogP contribution in [-0.2, 0) is 4.79 Å². The molecule has 5 heteroatoms. The zero-order chi connectivity index (χ0) is 13.8. The van der Waals surface area contributed by atoms with E-state index in [1.807, 2.05) is 26.2 Å². The highest BCUT2D eigenvalue weighted by Gasteiger charge is 2.25. The molecule has 0 aliphatic rings. The van der Waals surface area contributed by atoms with Crippen molar-refractivity contribution in [1.82, 2.24) is 5.32 Å². The second kappa shape index (κ2) is 6.00. The molecule has 2 N–H and O–H groups in total. The number of hydrogen-bond donors (Lipinski definition) is 2. The third kappa shape index (κ3) is 4.87. The maximum atomic E-state index is 11.7. The van der Waals surface area contributed by atoms with E-state index >= 15 is 0 Å². The van der Waals surface area contributed by atoms with Crippen molar-refractivity contribution in [2.24, 2.45) is 11.3 Å². The third-order valence-electron chi connectivity index (χ3n) is 2.46. The maximum absolute atomic E-state index is 11.7. The third-order valence-corrected chi connectivity index (χ3v) is 3.33. The molecule has 1 heterocycles. The number of thiophene rings is 1. The van der Waals surface area contributed by atoms with Crippen molar-refractivity contribution in [3.8, 4) is 0 Å². The number of aliphatic carboxylic acids is 1. The Bertz CT molecular complexity index is 406. The number of carbonyl (C=O) groups excluding carboxylic acids is 1. The molecule has 0 bridgehead atoms. The summed E-state index contributed by atoms with van der Waals surface area (Å²) in [5, 5.41) is 13.6. The second-order valence-electron chi connectivity index (χ2n) is 5.49. The molecule has 4 nitrogen and oxygen atoms in total. The topological polar surface area (TPSA) is 66.4 Å². The summed E-state index contributed by atoms with van der Waals surface area (Å²) >= 11 is 1.34. The van der Waals surface area contributed by atoms with Gasteiger partial charge in [0.15, 0.2) is 0 Å². The molecule has 0 radical (unpaired) electrons. The zero-order valence-corrected chi connectivity index (χ0v) is 11.7. The molecule has 1 aromatic heterocycles. The van der Waals surface area contributed by atoms with Crippen LogP contribution in [0.2, 0.25) is 0 Å². The number of hydrogen-bond acceptors (Lipinski definition) is 3. The highest BCUT2D eigenvalue weighted by Crippen LogP contribution is 2.24. The van der Waals surface area contributed by atoms with Crippen LogP contribution in [0, 0.1) is 11.3 Å². The predicted octanol–water partition coefficient (Wildman–Crippen LogP) is 2.61. The number of carboxylic acid groups (broad SMARTS) is 1. The number of carboxylic acids is 1. The molecule has 0 saturated heterocycles. The summed E-state index contributed by atoms with van der Waals surface area (Å²) in [4.78, 5) is 23.4. The van der Waals surface area contributed by atoms with E-state index in [9.17, 15) is 9.59 Å². The molecule has 1 unspecified atom stereocenters. The number of carbonyl (C=O) groups is 2. The Hall–Kier alpha value is -1.36. The first-order valence-electron chi connectivity index (χ1n) is 5.84. The van der Waals surface area contributed by atoms with Crippen molar-refractivity contribution in [3.63, 3.8) is 0 Å². The summed E-state index contributed by atoms with van der Waals surface area (Å²) in [7, 11) is 0. The lowest BCUT2D eigenvalue weighted by atomic mass is 9.84. The predicted molar refractivity (Wildman–Crippen MR) is 71.9 cm³/mol. The van der Waals surface area contributed by atoms with Crippen molar-refractivity contribution >= 4 is 23.2 Å². The summed E-state index contributed by atoms with van der Waals surface area (Å²) in [6.45, 7) is 6.14. The quantitative estimate of drug-likeness (QED) is 0.863. The van der Waals surface area contributed by atoms with Gasteiger partial charge in [0.2, 0.25) is 0 Å². The Morgan fingerprint density at radius 3 is 2.56 bits per heavy atom. The summed E-state index contributed by atoms with van der Waals surface area (Å²) in [6.07, 6.45) is 0.535. The van der Waals surface area contributed by atoms with Crippen molar-refractivity contribution in [3.05, 3.63) is 22.4 Å². The van der Waals surface area contributed by atoms with Gasteiger partial charge in [-0.3, -0.25) is 9.59 Å². The first-order chi connectivity index (χ1) is 8.29. The van der Waals surface area contributed by atoms with Crippen LogP contribution in [-0.4, -0.2) is 23.5 Å². The largest absolute Gasteiger partial charge is 0.481 e. The average Bonchev–Trinajstić information content (AvgIpc) is 2.75. The molecular weight excluding hydrogens is 250 g/mol. The van der Waals surface area contributed by atoms with Gasteiger partial charge in [0.1, 0.15) is 0 Å². The molecule has 0 aliphatic carbocycles. The van der Waals surface area contributed by atoms with E-state index in [1.54, 1.807) is 12.1 Å². The van der Waals surface area contributed by atoms with Gasteiger partial charge >= 0.3 is 5.97 Å². The summed E-state index contributed by atoms with van der Waals surface area (Å²) in [5.74, 6) is -1.62. The second-order valence-corrected chi connectivity index (χ2v) is 6.43. The molecule has 0 fully saturated rings. The Kier molecular flexibility index (Phi) is 4.90. The number of amides is 1. The molecule has 1 rings (SSSR count). The molecule has 100 valence electrons. The highest BCUT2D eigenvalue weighted by molar-refractivity contribution is 7.12. The summed E-state index contributed by atoms with van der Waals surface area (Å²) in [6, 6.07) is 3.52. The van der Waals surface area contributed by atoms with Gasteiger partial charge < -0.3 is 10.4 Å². The average molecular weight is 269 g/mol. The van der Waals surface area contributed by atoms with Gasteiger partial charge in [0, 0.05) is 6.54 Å². The molecule has 0 aliphatic heterocycles.